The van der Waals surface area contributed by atoms with Gasteiger partial charge in [-0.1, -0.05) is 66.7 Å². The monoisotopic (exact) mass is 644 g/mol. The Labute approximate surface area is 270 Å². The fraction of sp³-hybridized carbons (Fsp3) is 0.306. The molecule has 2 heterocycles. The molecule has 0 aliphatic carbocycles. The number of nitrogens with zero attached hydrogens (tertiary/aromatic N) is 1. The molecule has 6 rings (SSSR count). The summed E-state index contributed by atoms with van der Waals surface area (Å²) in [6.07, 6.45) is -6.54. The van der Waals surface area contributed by atoms with Crippen LogP contribution < -0.4 is 10.2 Å². The van der Waals surface area contributed by atoms with Gasteiger partial charge in [0.15, 0.2) is 0 Å². The number of rotatable bonds is 9. The topological polar surface area (TPSA) is 163 Å². The van der Waals surface area contributed by atoms with E-state index in [2.05, 4.69) is 5.32 Å². The third-order valence-corrected chi connectivity index (χ3v) is 9.04. The van der Waals surface area contributed by atoms with Crippen molar-refractivity contribution < 1.29 is 44.6 Å². The van der Waals surface area contributed by atoms with Gasteiger partial charge in [-0.25, -0.2) is 9.18 Å². The number of aromatic hydroxyl groups is 1. The van der Waals surface area contributed by atoms with E-state index in [1.165, 1.54) is 24.3 Å². The number of urea groups is 1. The van der Waals surface area contributed by atoms with Gasteiger partial charge >= 0.3 is 6.03 Å². The third-order valence-electron chi connectivity index (χ3n) is 9.04. The second kappa shape index (κ2) is 13.8. The molecule has 4 aromatic carbocycles. The van der Waals surface area contributed by atoms with Gasteiger partial charge in [0.05, 0.1) is 24.8 Å². The average Bonchev–Trinajstić information content (AvgIpc) is 3.42. The van der Waals surface area contributed by atoms with Crippen LogP contribution in [0.2, 0.25) is 0 Å². The Morgan fingerprint density at radius 3 is 2.19 bits per heavy atom. The summed E-state index contributed by atoms with van der Waals surface area (Å²) in [7, 11) is 0. The molecule has 2 aliphatic rings. The van der Waals surface area contributed by atoms with E-state index in [4.69, 9.17) is 4.74 Å². The third kappa shape index (κ3) is 6.59. The second-order valence-corrected chi connectivity index (χ2v) is 12.0. The smallest absolute Gasteiger partial charge is 0.322 e. The summed E-state index contributed by atoms with van der Waals surface area (Å²) < 4.78 is 19.1. The van der Waals surface area contributed by atoms with Crippen LogP contribution in [0.3, 0.4) is 0 Å². The Morgan fingerprint density at radius 2 is 1.53 bits per heavy atom. The molecule has 246 valence electrons. The van der Waals surface area contributed by atoms with Crippen LogP contribution in [0.4, 0.5) is 14.9 Å². The highest BCUT2D eigenvalue weighted by atomic mass is 19.1. The molecule has 1 unspecified atom stereocenters. The largest absolute Gasteiger partial charge is 0.508 e. The number of carbonyl (C=O) groups is 1. The molecule has 0 aromatic heterocycles. The lowest BCUT2D eigenvalue weighted by Crippen LogP contribution is -2.55. The van der Waals surface area contributed by atoms with E-state index < -0.39 is 61.1 Å². The Balaban J connectivity index is 1.25. The maximum absolute atomic E-state index is 13.4. The fourth-order valence-corrected chi connectivity index (χ4v) is 6.47. The number of phenols is 1. The van der Waals surface area contributed by atoms with E-state index in [9.17, 15) is 39.8 Å². The Kier molecular flexibility index (Phi) is 9.55. The van der Waals surface area contributed by atoms with Crippen molar-refractivity contribution in [2.45, 2.75) is 61.5 Å². The summed E-state index contributed by atoms with van der Waals surface area (Å²) in [4.78, 5) is 14.9. The van der Waals surface area contributed by atoms with Gasteiger partial charge in [-0.2, -0.15) is 0 Å². The van der Waals surface area contributed by atoms with Crippen LogP contribution in [0.5, 0.6) is 5.75 Å². The summed E-state index contributed by atoms with van der Waals surface area (Å²) in [5.74, 6) is -0.432. The number of halogens is 1. The van der Waals surface area contributed by atoms with Crippen molar-refractivity contribution in [3.05, 3.63) is 120 Å². The van der Waals surface area contributed by atoms with Gasteiger partial charge in [-0.15, -0.1) is 0 Å². The minimum atomic E-state index is -1.49. The molecule has 0 radical (unpaired) electrons. The highest BCUT2D eigenvalue weighted by molar-refractivity contribution is 5.96. The lowest BCUT2D eigenvalue weighted by molar-refractivity contribution is -0.231. The van der Waals surface area contributed by atoms with Crippen molar-refractivity contribution >= 4 is 11.7 Å². The molecule has 11 heteroatoms. The normalized spacial score (nSPS) is 26.6. The molecule has 2 amide bonds. The second-order valence-electron chi connectivity index (χ2n) is 12.0. The zero-order valence-electron chi connectivity index (χ0n) is 25.3. The number of phenolic OH excluding ortho intramolecular Hbond substituents is 1. The van der Waals surface area contributed by atoms with Gasteiger partial charge < -0.3 is 40.7 Å². The zero-order chi connectivity index (χ0) is 33.2. The average molecular weight is 645 g/mol. The van der Waals surface area contributed by atoms with E-state index in [0.717, 1.165) is 5.56 Å². The number of hydrogen-bond acceptors (Lipinski definition) is 8. The van der Waals surface area contributed by atoms with Crippen LogP contribution in [0.15, 0.2) is 97.1 Å². The number of aliphatic hydroxyl groups excluding tert-OH is 5. The van der Waals surface area contributed by atoms with E-state index in [0.29, 0.717) is 34.4 Å². The van der Waals surface area contributed by atoms with Gasteiger partial charge in [-0.3, -0.25) is 4.90 Å². The first kappa shape index (κ1) is 32.6. The SMILES string of the molecule is O=C1N[C@@H](CC[C@H](O)c2ccc(F)cc2)[C@@H](c2ccc(-c3ccc(C4O[C@H](CO)[C@@H](O)[C@H](O)[C@H]4O)cc3)cc2O)N1c1ccccc1. The van der Waals surface area contributed by atoms with E-state index >= 15 is 0 Å². The van der Waals surface area contributed by atoms with Crippen LogP contribution >= 0.6 is 0 Å². The molecule has 4 aromatic rings. The fourth-order valence-electron chi connectivity index (χ4n) is 6.47. The summed E-state index contributed by atoms with van der Waals surface area (Å²) >= 11 is 0. The highest BCUT2D eigenvalue weighted by Gasteiger charge is 2.44. The zero-order valence-corrected chi connectivity index (χ0v) is 25.3. The van der Waals surface area contributed by atoms with Gasteiger partial charge in [-0.05, 0) is 65.4 Å². The van der Waals surface area contributed by atoms with Gasteiger partial charge in [0.1, 0.15) is 42.1 Å². The first-order valence-corrected chi connectivity index (χ1v) is 15.5. The highest BCUT2D eigenvalue weighted by Crippen LogP contribution is 2.42. The Bertz CT molecular complexity index is 1670. The van der Waals surface area contributed by atoms with Crippen LogP contribution in [0, 0.1) is 5.82 Å². The quantitative estimate of drug-likeness (QED) is 0.145. The summed E-state index contributed by atoms with van der Waals surface area (Å²) in [6, 6.07) is 25.5. The lowest BCUT2D eigenvalue weighted by Gasteiger charge is -2.40. The molecule has 2 aliphatic heterocycles. The van der Waals surface area contributed by atoms with Gasteiger partial charge in [0.25, 0.3) is 0 Å². The van der Waals surface area contributed by atoms with Crippen LogP contribution in [-0.2, 0) is 4.74 Å². The molecule has 2 fully saturated rings. The number of nitrogens with one attached hydrogen (secondary N) is 1. The molecule has 0 saturated carbocycles. The molecule has 0 spiro atoms. The van der Waals surface area contributed by atoms with E-state index in [1.54, 1.807) is 41.3 Å². The minimum absolute atomic E-state index is 0.0352. The summed E-state index contributed by atoms with van der Waals surface area (Å²) in [6.45, 7) is -0.523. The maximum Gasteiger partial charge on any atom is 0.322 e. The van der Waals surface area contributed by atoms with Crippen molar-refractivity contribution in [1.29, 1.82) is 0 Å². The minimum Gasteiger partial charge on any atom is -0.508 e. The molecule has 0 bridgehead atoms. The number of ether oxygens (including phenoxy) is 1. The maximum atomic E-state index is 13.4. The Morgan fingerprint density at radius 1 is 0.851 bits per heavy atom. The summed E-state index contributed by atoms with van der Waals surface area (Å²) in [5, 5.41) is 65.5. The molecule has 2 saturated heterocycles. The van der Waals surface area contributed by atoms with Crippen molar-refractivity contribution in [1.82, 2.24) is 5.32 Å². The number of carbonyl (C=O) groups excluding carboxylic acids is 1. The predicted molar refractivity (Wildman–Crippen MR) is 171 cm³/mol. The molecular formula is C36H37FN2O8. The summed E-state index contributed by atoms with van der Waals surface area (Å²) in [5.41, 5.74) is 3.67. The molecule has 8 atom stereocenters. The lowest BCUT2D eigenvalue weighted by atomic mass is 9.90. The number of amides is 2. The molecular weight excluding hydrogens is 607 g/mol. The van der Waals surface area contributed by atoms with Gasteiger partial charge in [0, 0.05) is 11.3 Å². The number of aliphatic hydroxyl groups is 5. The van der Waals surface area contributed by atoms with Crippen molar-refractivity contribution in [2.24, 2.45) is 0 Å². The van der Waals surface area contributed by atoms with Crippen LogP contribution in [0.1, 0.15) is 47.8 Å². The molecule has 7 N–H and O–H groups in total. The first-order valence-electron chi connectivity index (χ1n) is 15.5. The van der Waals surface area contributed by atoms with Crippen molar-refractivity contribution in [3.63, 3.8) is 0 Å². The first-order chi connectivity index (χ1) is 22.7. The van der Waals surface area contributed by atoms with E-state index in [-0.39, 0.29) is 18.2 Å². The number of hydrogen-bond donors (Lipinski definition) is 7. The predicted octanol–water partition coefficient (Wildman–Crippen LogP) is 3.87. The molecule has 47 heavy (non-hydrogen) atoms. The number of para-hydroxylation sites is 1. The Hall–Kier alpha value is -4.36. The standard InChI is InChI=1S/C36H37FN2O8/c37-24-13-10-21(11-14-24)28(41)17-16-27-31(39(36(46)38-27)25-4-2-1-3-5-25)26-15-12-23(18-29(26)42)20-6-8-22(9-7-20)35-34(45)33(44)32(43)30(19-40)47-35/h1-15,18,27-28,30-35,40-45H,16-17,19H2,(H,38,46)/t27-,28-,30+,31+,32+,33-,34+,35?/m0/s1. The van der Waals surface area contributed by atoms with Crippen molar-refractivity contribution in [3.8, 4) is 16.9 Å². The van der Waals surface area contributed by atoms with Gasteiger partial charge in [0.2, 0.25) is 0 Å². The van der Waals surface area contributed by atoms with E-state index in [1.807, 2.05) is 36.4 Å². The molecule has 10 nitrogen and oxygen atoms in total. The van der Waals surface area contributed by atoms with Crippen molar-refractivity contribution in [2.75, 3.05) is 11.5 Å². The van der Waals surface area contributed by atoms with Crippen LogP contribution in [-0.4, -0.2) is 73.7 Å². The number of anilines is 1. The number of benzene rings is 4. The van der Waals surface area contributed by atoms with Crippen LogP contribution in [0.25, 0.3) is 11.1 Å².